The molecule has 28 heavy (non-hydrogen) atoms. The van der Waals surface area contributed by atoms with Gasteiger partial charge in [0.15, 0.2) is 0 Å². The van der Waals surface area contributed by atoms with Crippen LogP contribution in [-0.4, -0.2) is 34.8 Å². The number of anilines is 2. The van der Waals surface area contributed by atoms with Crippen molar-refractivity contribution in [1.29, 1.82) is 0 Å². The molecule has 1 fully saturated rings. The first-order valence-corrected chi connectivity index (χ1v) is 9.18. The Labute approximate surface area is 166 Å². The summed E-state index contributed by atoms with van der Waals surface area (Å²) in [4.78, 5) is 26.1. The maximum Gasteiger partial charge on any atom is 0.321 e. The zero-order valence-corrected chi connectivity index (χ0v) is 15.9. The summed E-state index contributed by atoms with van der Waals surface area (Å²) < 4.78 is 1.68. The summed E-state index contributed by atoms with van der Waals surface area (Å²) in [5, 5.41) is 10.5. The van der Waals surface area contributed by atoms with E-state index in [1.807, 2.05) is 31.2 Å². The second-order valence-electron chi connectivity index (χ2n) is 6.42. The van der Waals surface area contributed by atoms with Gasteiger partial charge in [-0.15, -0.1) is 0 Å². The SMILES string of the molecule is Cc1c(C(=O)Nc2ccc(N3CCNC3=O)cc2)cnn1-c1cccc(Cl)c1. The molecule has 0 atom stereocenters. The maximum absolute atomic E-state index is 12.7. The number of hydrogen-bond acceptors (Lipinski definition) is 3. The largest absolute Gasteiger partial charge is 0.336 e. The molecule has 8 heteroatoms. The number of hydrogen-bond donors (Lipinski definition) is 2. The highest BCUT2D eigenvalue weighted by Crippen LogP contribution is 2.21. The highest BCUT2D eigenvalue weighted by Gasteiger charge is 2.21. The van der Waals surface area contributed by atoms with Crippen LogP contribution in [0.1, 0.15) is 16.1 Å². The summed E-state index contributed by atoms with van der Waals surface area (Å²) in [7, 11) is 0. The van der Waals surface area contributed by atoms with Crippen molar-refractivity contribution in [3.8, 4) is 5.69 Å². The zero-order chi connectivity index (χ0) is 19.7. The van der Waals surface area contributed by atoms with E-state index in [1.165, 1.54) is 6.20 Å². The quantitative estimate of drug-likeness (QED) is 0.708. The van der Waals surface area contributed by atoms with Crippen LogP contribution in [0.25, 0.3) is 5.69 Å². The number of benzene rings is 2. The fourth-order valence-electron chi connectivity index (χ4n) is 3.14. The van der Waals surface area contributed by atoms with E-state index in [-0.39, 0.29) is 11.9 Å². The van der Waals surface area contributed by atoms with Crippen molar-refractivity contribution < 1.29 is 9.59 Å². The molecule has 0 saturated carbocycles. The van der Waals surface area contributed by atoms with E-state index >= 15 is 0 Å². The molecule has 7 nitrogen and oxygen atoms in total. The van der Waals surface area contributed by atoms with Crippen LogP contribution < -0.4 is 15.5 Å². The van der Waals surface area contributed by atoms with Crippen molar-refractivity contribution in [3.05, 3.63) is 71.0 Å². The highest BCUT2D eigenvalue weighted by atomic mass is 35.5. The standard InChI is InChI=1S/C20H18ClN5O2/c1-13-18(12-23-26(13)17-4-2-3-14(21)11-17)19(27)24-15-5-7-16(8-6-15)25-10-9-22-20(25)28/h2-8,11-12H,9-10H2,1H3,(H,22,28)(H,24,27). The molecule has 4 rings (SSSR count). The number of halogens is 1. The molecule has 1 aromatic heterocycles. The summed E-state index contributed by atoms with van der Waals surface area (Å²) in [5.74, 6) is -0.252. The van der Waals surface area contributed by atoms with Crippen LogP contribution in [0.4, 0.5) is 16.2 Å². The van der Waals surface area contributed by atoms with Crippen LogP contribution in [0, 0.1) is 6.92 Å². The normalized spacial score (nSPS) is 13.5. The molecule has 2 N–H and O–H groups in total. The van der Waals surface area contributed by atoms with Gasteiger partial charge in [-0.2, -0.15) is 5.10 Å². The van der Waals surface area contributed by atoms with Crippen LogP contribution in [0.2, 0.25) is 5.02 Å². The second-order valence-corrected chi connectivity index (χ2v) is 6.86. The van der Waals surface area contributed by atoms with Crippen molar-refractivity contribution in [2.45, 2.75) is 6.92 Å². The van der Waals surface area contributed by atoms with Crippen LogP contribution in [0.3, 0.4) is 0 Å². The monoisotopic (exact) mass is 395 g/mol. The lowest BCUT2D eigenvalue weighted by atomic mass is 10.2. The predicted octanol–water partition coefficient (Wildman–Crippen LogP) is 3.62. The van der Waals surface area contributed by atoms with E-state index in [2.05, 4.69) is 15.7 Å². The Morgan fingerprint density at radius 3 is 2.64 bits per heavy atom. The minimum atomic E-state index is -0.252. The minimum Gasteiger partial charge on any atom is -0.336 e. The van der Waals surface area contributed by atoms with Crippen molar-refractivity contribution >= 4 is 34.9 Å². The minimum absolute atomic E-state index is 0.110. The van der Waals surface area contributed by atoms with Gasteiger partial charge in [0.2, 0.25) is 0 Å². The second kappa shape index (κ2) is 7.36. The number of aromatic nitrogens is 2. The Bertz CT molecular complexity index is 1050. The Hall–Kier alpha value is -3.32. The summed E-state index contributed by atoms with van der Waals surface area (Å²) >= 11 is 6.04. The van der Waals surface area contributed by atoms with Gasteiger partial charge in [0, 0.05) is 29.5 Å². The van der Waals surface area contributed by atoms with E-state index in [0.29, 0.717) is 35.1 Å². The van der Waals surface area contributed by atoms with Crippen molar-refractivity contribution in [1.82, 2.24) is 15.1 Å². The van der Waals surface area contributed by atoms with E-state index in [1.54, 1.807) is 33.8 Å². The molecule has 0 unspecified atom stereocenters. The molecule has 0 bridgehead atoms. The van der Waals surface area contributed by atoms with Gasteiger partial charge in [-0.25, -0.2) is 9.48 Å². The first kappa shape index (κ1) is 18.1. The molecule has 3 aromatic rings. The molecule has 2 aromatic carbocycles. The average molecular weight is 396 g/mol. The molecule has 2 heterocycles. The number of rotatable bonds is 4. The number of carbonyl (C=O) groups is 2. The maximum atomic E-state index is 12.7. The van der Waals surface area contributed by atoms with E-state index in [4.69, 9.17) is 11.6 Å². The Morgan fingerprint density at radius 2 is 1.96 bits per heavy atom. The fraction of sp³-hybridized carbons (Fsp3) is 0.150. The van der Waals surface area contributed by atoms with E-state index in [0.717, 1.165) is 11.4 Å². The van der Waals surface area contributed by atoms with Crippen LogP contribution in [0.15, 0.2) is 54.7 Å². The average Bonchev–Trinajstić information content (AvgIpc) is 3.28. The number of nitrogens with one attached hydrogen (secondary N) is 2. The highest BCUT2D eigenvalue weighted by molar-refractivity contribution is 6.30. The summed E-state index contributed by atoms with van der Waals surface area (Å²) in [6.45, 7) is 3.09. The first-order valence-electron chi connectivity index (χ1n) is 8.80. The van der Waals surface area contributed by atoms with Gasteiger partial charge < -0.3 is 10.6 Å². The predicted molar refractivity (Wildman–Crippen MR) is 108 cm³/mol. The van der Waals surface area contributed by atoms with E-state index in [9.17, 15) is 9.59 Å². The lowest BCUT2D eigenvalue weighted by Crippen LogP contribution is -2.27. The molecule has 142 valence electrons. The third kappa shape index (κ3) is 3.44. The molecule has 1 aliphatic heterocycles. The number of amides is 3. The van der Waals surface area contributed by atoms with Crippen molar-refractivity contribution in [2.24, 2.45) is 0 Å². The molecule has 0 radical (unpaired) electrons. The van der Waals surface area contributed by atoms with Gasteiger partial charge in [-0.1, -0.05) is 17.7 Å². The van der Waals surface area contributed by atoms with Crippen molar-refractivity contribution in [3.63, 3.8) is 0 Å². The van der Waals surface area contributed by atoms with Gasteiger partial charge in [-0.05, 0) is 49.4 Å². The lowest BCUT2D eigenvalue weighted by Gasteiger charge is -2.14. The summed E-state index contributed by atoms with van der Waals surface area (Å²) in [5.41, 5.74) is 3.41. The van der Waals surface area contributed by atoms with Gasteiger partial charge in [0.1, 0.15) is 0 Å². The molecular weight excluding hydrogens is 378 g/mol. The molecule has 0 aliphatic carbocycles. The van der Waals surface area contributed by atoms with Gasteiger partial charge in [-0.3, -0.25) is 9.69 Å². The summed E-state index contributed by atoms with van der Waals surface area (Å²) in [6, 6.07) is 14.3. The van der Waals surface area contributed by atoms with Crippen LogP contribution in [-0.2, 0) is 0 Å². The van der Waals surface area contributed by atoms with Gasteiger partial charge >= 0.3 is 6.03 Å². The van der Waals surface area contributed by atoms with Gasteiger partial charge in [0.25, 0.3) is 5.91 Å². The third-order valence-corrected chi connectivity index (χ3v) is 4.84. The third-order valence-electron chi connectivity index (χ3n) is 4.60. The summed E-state index contributed by atoms with van der Waals surface area (Å²) in [6.07, 6.45) is 1.54. The molecule has 1 saturated heterocycles. The van der Waals surface area contributed by atoms with E-state index < -0.39 is 0 Å². The van der Waals surface area contributed by atoms with Crippen LogP contribution >= 0.6 is 11.6 Å². The van der Waals surface area contributed by atoms with Crippen molar-refractivity contribution in [2.75, 3.05) is 23.3 Å². The van der Waals surface area contributed by atoms with Crippen LogP contribution in [0.5, 0.6) is 0 Å². The Morgan fingerprint density at radius 1 is 1.18 bits per heavy atom. The molecule has 0 spiro atoms. The molecule has 1 aliphatic rings. The lowest BCUT2D eigenvalue weighted by molar-refractivity contribution is 0.102. The number of nitrogens with zero attached hydrogens (tertiary/aromatic N) is 3. The Kier molecular flexibility index (Phi) is 4.75. The topological polar surface area (TPSA) is 79.3 Å². The number of urea groups is 1. The first-order chi connectivity index (χ1) is 13.5. The van der Waals surface area contributed by atoms with Gasteiger partial charge in [0.05, 0.1) is 23.1 Å². The smallest absolute Gasteiger partial charge is 0.321 e. The molecular formula is C20H18ClN5O2. The molecule has 3 amide bonds. The number of carbonyl (C=O) groups excluding carboxylic acids is 2. The Balaban J connectivity index is 1.50. The fourth-order valence-corrected chi connectivity index (χ4v) is 3.33. The zero-order valence-electron chi connectivity index (χ0n) is 15.1.